The molecule has 0 aliphatic carbocycles. The van der Waals surface area contributed by atoms with E-state index in [1.807, 2.05) is 4.68 Å². The first kappa shape index (κ1) is 13.1. The Bertz CT molecular complexity index is 314. The van der Waals surface area contributed by atoms with E-state index in [0.717, 1.165) is 12.4 Å². The van der Waals surface area contributed by atoms with Crippen molar-refractivity contribution >= 4 is 0 Å². The van der Waals surface area contributed by atoms with Gasteiger partial charge in [0, 0.05) is 13.1 Å². The maximum Gasteiger partial charge on any atom is 0.140 e. The number of aromatic nitrogens is 3. The summed E-state index contributed by atoms with van der Waals surface area (Å²) in [5.41, 5.74) is -0.692. The Hall–Kier alpha value is -0.940. The van der Waals surface area contributed by atoms with Gasteiger partial charge in [-0.2, -0.15) is 5.10 Å². The molecule has 0 spiro atoms. The lowest BCUT2D eigenvalue weighted by atomic mass is 10.1. The predicted octanol–water partition coefficient (Wildman–Crippen LogP) is 0.795. The first-order valence-electron chi connectivity index (χ1n) is 5.68. The highest BCUT2D eigenvalue weighted by molar-refractivity contribution is 4.85. The predicted molar refractivity (Wildman–Crippen MR) is 62.9 cm³/mol. The standard InChI is InChI=1S/C11H22N4O/c1-9(2)6-15-10(13-8-14-15)5-12-7-11(3,4)16/h8-9,12,16H,5-7H2,1-4H3. The lowest BCUT2D eigenvalue weighted by molar-refractivity contribution is 0.0791. The van der Waals surface area contributed by atoms with E-state index in [4.69, 9.17) is 0 Å². The van der Waals surface area contributed by atoms with E-state index in [1.54, 1.807) is 20.2 Å². The summed E-state index contributed by atoms with van der Waals surface area (Å²) in [6, 6.07) is 0. The van der Waals surface area contributed by atoms with Crippen molar-refractivity contribution in [1.82, 2.24) is 20.1 Å². The normalized spacial score (nSPS) is 12.4. The van der Waals surface area contributed by atoms with E-state index in [-0.39, 0.29) is 0 Å². The lowest BCUT2D eigenvalue weighted by Gasteiger charge is -2.17. The summed E-state index contributed by atoms with van der Waals surface area (Å²) in [5, 5.41) is 16.9. The monoisotopic (exact) mass is 226 g/mol. The van der Waals surface area contributed by atoms with Gasteiger partial charge in [0.05, 0.1) is 12.1 Å². The minimum atomic E-state index is -0.692. The quantitative estimate of drug-likeness (QED) is 0.753. The van der Waals surface area contributed by atoms with Crippen LogP contribution in [-0.4, -0.2) is 32.0 Å². The Labute approximate surface area is 96.9 Å². The fraction of sp³-hybridized carbons (Fsp3) is 0.818. The molecule has 0 atom stereocenters. The van der Waals surface area contributed by atoms with Crippen LogP contribution in [0.5, 0.6) is 0 Å². The molecule has 92 valence electrons. The van der Waals surface area contributed by atoms with Crippen LogP contribution < -0.4 is 5.32 Å². The van der Waals surface area contributed by atoms with E-state index in [2.05, 4.69) is 29.2 Å². The van der Waals surface area contributed by atoms with E-state index < -0.39 is 5.60 Å². The van der Waals surface area contributed by atoms with Crippen molar-refractivity contribution in [2.24, 2.45) is 5.92 Å². The SMILES string of the molecule is CC(C)Cn1ncnc1CNCC(C)(C)O. The number of nitrogens with zero attached hydrogens (tertiary/aromatic N) is 3. The third-order valence-corrected chi connectivity index (χ3v) is 2.07. The summed E-state index contributed by atoms with van der Waals surface area (Å²) >= 11 is 0. The number of rotatable bonds is 6. The summed E-state index contributed by atoms with van der Waals surface area (Å²) < 4.78 is 1.90. The highest BCUT2D eigenvalue weighted by atomic mass is 16.3. The van der Waals surface area contributed by atoms with Crippen molar-refractivity contribution in [2.45, 2.75) is 46.4 Å². The molecule has 0 aromatic carbocycles. The Morgan fingerprint density at radius 2 is 2.19 bits per heavy atom. The van der Waals surface area contributed by atoms with Gasteiger partial charge in [0.25, 0.3) is 0 Å². The molecule has 0 saturated heterocycles. The molecule has 0 unspecified atom stereocenters. The van der Waals surface area contributed by atoms with E-state index >= 15 is 0 Å². The van der Waals surface area contributed by atoms with Gasteiger partial charge in [0.15, 0.2) is 0 Å². The van der Waals surface area contributed by atoms with Crippen LogP contribution in [0, 0.1) is 5.92 Å². The third kappa shape index (κ3) is 4.72. The van der Waals surface area contributed by atoms with Crippen LogP contribution in [-0.2, 0) is 13.1 Å². The maximum atomic E-state index is 9.56. The van der Waals surface area contributed by atoms with Crippen LogP contribution in [0.2, 0.25) is 0 Å². The summed E-state index contributed by atoms with van der Waals surface area (Å²) in [7, 11) is 0. The van der Waals surface area contributed by atoms with Crippen molar-refractivity contribution in [3.05, 3.63) is 12.2 Å². The molecule has 16 heavy (non-hydrogen) atoms. The van der Waals surface area contributed by atoms with Crippen LogP contribution >= 0.6 is 0 Å². The van der Waals surface area contributed by atoms with Crippen molar-refractivity contribution in [3.8, 4) is 0 Å². The second-order valence-corrected chi connectivity index (χ2v) is 5.17. The first-order chi connectivity index (χ1) is 7.38. The first-order valence-corrected chi connectivity index (χ1v) is 5.68. The van der Waals surface area contributed by atoms with Gasteiger partial charge in [-0.25, -0.2) is 9.67 Å². The lowest BCUT2D eigenvalue weighted by Crippen LogP contribution is -2.35. The second-order valence-electron chi connectivity index (χ2n) is 5.17. The number of aliphatic hydroxyl groups is 1. The summed E-state index contributed by atoms with van der Waals surface area (Å²) in [4.78, 5) is 4.20. The highest BCUT2D eigenvalue weighted by Gasteiger charge is 2.12. The fourth-order valence-corrected chi connectivity index (χ4v) is 1.40. The molecule has 0 aliphatic rings. The highest BCUT2D eigenvalue weighted by Crippen LogP contribution is 2.02. The van der Waals surface area contributed by atoms with Crippen molar-refractivity contribution < 1.29 is 5.11 Å². The largest absolute Gasteiger partial charge is 0.389 e. The zero-order chi connectivity index (χ0) is 12.2. The number of hydrogen-bond donors (Lipinski definition) is 2. The Morgan fingerprint density at radius 3 is 2.75 bits per heavy atom. The Kier molecular flexibility index (Phi) is 4.44. The maximum absolute atomic E-state index is 9.56. The fourth-order valence-electron chi connectivity index (χ4n) is 1.40. The molecule has 0 fully saturated rings. The van der Waals surface area contributed by atoms with Gasteiger partial charge in [-0.3, -0.25) is 0 Å². The van der Waals surface area contributed by atoms with Gasteiger partial charge in [0.2, 0.25) is 0 Å². The molecular weight excluding hydrogens is 204 g/mol. The van der Waals surface area contributed by atoms with Gasteiger partial charge in [0.1, 0.15) is 12.2 Å². The summed E-state index contributed by atoms with van der Waals surface area (Å²) in [5.74, 6) is 1.47. The van der Waals surface area contributed by atoms with E-state index in [1.165, 1.54) is 0 Å². The molecule has 1 aromatic rings. The van der Waals surface area contributed by atoms with Crippen LogP contribution in [0.3, 0.4) is 0 Å². The average Bonchev–Trinajstić information content (AvgIpc) is 2.49. The molecule has 0 radical (unpaired) electrons. The third-order valence-electron chi connectivity index (χ3n) is 2.07. The minimum Gasteiger partial charge on any atom is -0.389 e. The number of nitrogens with one attached hydrogen (secondary N) is 1. The van der Waals surface area contributed by atoms with Gasteiger partial charge < -0.3 is 10.4 Å². The van der Waals surface area contributed by atoms with Gasteiger partial charge in [-0.05, 0) is 19.8 Å². The molecule has 0 saturated carbocycles. The molecule has 1 rings (SSSR count). The molecule has 5 heteroatoms. The molecule has 0 bridgehead atoms. The zero-order valence-corrected chi connectivity index (χ0v) is 10.6. The van der Waals surface area contributed by atoms with Crippen molar-refractivity contribution in [3.63, 3.8) is 0 Å². The molecule has 2 N–H and O–H groups in total. The number of hydrogen-bond acceptors (Lipinski definition) is 4. The van der Waals surface area contributed by atoms with Gasteiger partial charge in [-0.1, -0.05) is 13.8 Å². The second kappa shape index (κ2) is 5.41. The molecule has 0 aliphatic heterocycles. The van der Waals surface area contributed by atoms with Crippen molar-refractivity contribution in [2.75, 3.05) is 6.54 Å². The Morgan fingerprint density at radius 1 is 1.50 bits per heavy atom. The minimum absolute atomic E-state index is 0.543. The summed E-state index contributed by atoms with van der Waals surface area (Å²) in [6.07, 6.45) is 1.57. The molecule has 5 nitrogen and oxygen atoms in total. The van der Waals surface area contributed by atoms with Crippen LogP contribution in [0.4, 0.5) is 0 Å². The Balaban J connectivity index is 2.45. The molecule has 0 amide bonds. The van der Waals surface area contributed by atoms with E-state index in [9.17, 15) is 5.11 Å². The average molecular weight is 226 g/mol. The van der Waals surface area contributed by atoms with Crippen LogP contribution in [0.1, 0.15) is 33.5 Å². The molecule has 1 heterocycles. The molecule has 1 aromatic heterocycles. The van der Waals surface area contributed by atoms with E-state index in [0.29, 0.717) is 19.0 Å². The van der Waals surface area contributed by atoms with Crippen molar-refractivity contribution in [1.29, 1.82) is 0 Å². The van der Waals surface area contributed by atoms with Crippen LogP contribution in [0.25, 0.3) is 0 Å². The van der Waals surface area contributed by atoms with Gasteiger partial charge in [-0.15, -0.1) is 0 Å². The molecular formula is C11H22N4O. The van der Waals surface area contributed by atoms with Gasteiger partial charge >= 0.3 is 0 Å². The summed E-state index contributed by atoms with van der Waals surface area (Å²) in [6.45, 7) is 9.90. The topological polar surface area (TPSA) is 63.0 Å². The zero-order valence-electron chi connectivity index (χ0n) is 10.6. The van der Waals surface area contributed by atoms with Crippen LogP contribution in [0.15, 0.2) is 6.33 Å². The smallest absolute Gasteiger partial charge is 0.140 e.